The molecule has 1 N–H and O–H groups in total. The van der Waals surface area contributed by atoms with Gasteiger partial charge in [0.05, 0.1) is 11.7 Å². The lowest BCUT2D eigenvalue weighted by molar-refractivity contribution is 0.485. The van der Waals surface area contributed by atoms with Gasteiger partial charge in [0.25, 0.3) is 0 Å². The van der Waals surface area contributed by atoms with Gasteiger partial charge in [-0.3, -0.25) is 0 Å². The molecule has 1 aliphatic heterocycles. The van der Waals surface area contributed by atoms with Crippen LogP contribution in [0.5, 0.6) is 0 Å². The van der Waals surface area contributed by atoms with E-state index in [0.29, 0.717) is 18.8 Å². The topological polar surface area (TPSA) is 15.3 Å². The summed E-state index contributed by atoms with van der Waals surface area (Å²) in [5.41, 5.74) is 0.311. The van der Waals surface area contributed by atoms with Crippen LogP contribution in [0.25, 0.3) is 0 Å². The summed E-state index contributed by atoms with van der Waals surface area (Å²) in [6, 6.07) is 4.25. The highest BCUT2D eigenvalue weighted by molar-refractivity contribution is 5.85. The highest BCUT2D eigenvalue weighted by Gasteiger charge is 2.23. The first-order chi connectivity index (χ1) is 7.74. The SMILES string of the molecule is C=CC1CNCCN1c1cccc(F)c1F.Cl. The van der Waals surface area contributed by atoms with Crippen molar-refractivity contribution >= 4 is 18.1 Å². The summed E-state index contributed by atoms with van der Waals surface area (Å²) in [5.74, 6) is -1.59. The summed E-state index contributed by atoms with van der Waals surface area (Å²) >= 11 is 0. The van der Waals surface area contributed by atoms with E-state index < -0.39 is 11.6 Å². The lowest BCUT2D eigenvalue weighted by Crippen LogP contribution is -2.50. The fourth-order valence-corrected chi connectivity index (χ4v) is 1.95. The molecule has 0 amide bonds. The molecule has 0 aromatic heterocycles. The van der Waals surface area contributed by atoms with Crippen LogP contribution >= 0.6 is 12.4 Å². The van der Waals surface area contributed by atoms with Crippen LogP contribution < -0.4 is 10.2 Å². The molecule has 94 valence electrons. The van der Waals surface area contributed by atoms with Crippen LogP contribution in [0.15, 0.2) is 30.9 Å². The van der Waals surface area contributed by atoms with Crippen LogP contribution in [-0.2, 0) is 0 Å². The Labute approximate surface area is 106 Å². The fourth-order valence-electron chi connectivity index (χ4n) is 1.95. The highest BCUT2D eigenvalue weighted by atomic mass is 35.5. The minimum absolute atomic E-state index is 0. The number of anilines is 1. The minimum Gasteiger partial charge on any atom is -0.360 e. The number of nitrogens with zero attached hydrogens (tertiary/aromatic N) is 1. The molecule has 5 heteroatoms. The standard InChI is InChI=1S/C12H14F2N2.ClH/c1-2-9-8-15-6-7-16(9)11-5-3-4-10(13)12(11)14;/h2-5,9,15H,1,6-8H2;1H. The second kappa shape index (κ2) is 5.98. The van der Waals surface area contributed by atoms with Crippen molar-refractivity contribution in [3.8, 4) is 0 Å². The fraction of sp³-hybridized carbons (Fsp3) is 0.333. The predicted molar refractivity (Wildman–Crippen MR) is 67.8 cm³/mol. The van der Waals surface area contributed by atoms with Crippen molar-refractivity contribution in [1.82, 2.24) is 5.32 Å². The van der Waals surface area contributed by atoms with Crippen LogP contribution in [-0.4, -0.2) is 25.7 Å². The molecule has 1 atom stereocenters. The molecule has 0 saturated carbocycles. The quantitative estimate of drug-likeness (QED) is 0.822. The van der Waals surface area contributed by atoms with E-state index >= 15 is 0 Å². The van der Waals surface area contributed by atoms with E-state index in [-0.39, 0.29) is 18.4 Å². The maximum Gasteiger partial charge on any atom is 0.182 e. The lowest BCUT2D eigenvalue weighted by Gasteiger charge is -2.36. The summed E-state index contributed by atoms with van der Waals surface area (Å²) in [4.78, 5) is 1.84. The molecule has 17 heavy (non-hydrogen) atoms. The summed E-state index contributed by atoms with van der Waals surface area (Å²) in [6.45, 7) is 5.84. The van der Waals surface area contributed by atoms with Crippen LogP contribution in [0.1, 0.15) is 0 Å². The maximum absolute atomic E-state index is 13.6. The zero-order chi connectivity index (χ0) is 11.5. The van der Waals surface area contributed by atoms with Crippen molar-refractivity contribution < 1.29 is 8.78 Å². The van der Waals surface area contributed by atoms with E-state index in [9.17, 15) is 8.78 Å². The van der Waals surface area contributed by atoms with E-state index in [1.807, 2.05) is 4.90 Å². The zero-order valence-electron chi connectivity index (χ0n) is 9.33. The first kappa shape index (κ1) is 13.9. The van der Waals surface area contributed by atoms with Crippen molar-refractivity contribution in [1.29, 1.82) is 0 Å². The molecule has 1 aromatic carbocycles. The molecule has 0 bridgehead atoms. The van der Waals surface area contributed by atoms with Crippen molar-refractivity contribution in [2.24, 2.45) is 0 Å². The van der Waals surface area contributed by atoms with Crippen molar-refractivity contribution in [2.75, 3.05) is 24.5 Å². The van der Waals surface area contributed by atoms with Gasteiger partial charge in [0.2, 0.25) is 0 Å². The largest absolute Gasteiger partial charge is 0.360 e. The molecule has 0 aliphatic carbocycles. The van der Waals surface area contributed by atoms with E-state index in [0.717, 1.165) is 12.6 Å². The summed E-state index contributed by atoms with van der Waals surface area (Å²) in [6.07, 6.45) is 1.75. The third kappa shape index (κ3) is 2.76. The van der Waals surface area contributed by atoms with Crippen LogP contribution in [0, 0.1) is 11.6 Å². The van der Waals surface area contributed by atoms with Crippen molar-refractivity contribution in [2.45, 2.75) is 6.04 Å². The Hall–Kier alpha value is -1.13. The van der Waals surface area contributed by atoms with Gasteiger partial charge in [-0.2, -0.15) is 0 Å². The molecular weight excluding hydrogens is 246 g/mol. The Morgan fingerprint density at radius 3 is 2.88 bits per heavy atom. The second-order valence-corrected chi connectivity index (χ2v) is 3.77. The smallest absolute Gasteiger partial charge is 0.182 e. The number of piperazine rings is 1. The third-order valence-electron chi connectivity index (χ3n) is 2.80. The van der Waals surface area contributed by atoms with Gasteiger partial charge in [0.15, 0.2) is 11.6 Å². The number of halogens is 3. The Balaban J connectivity index is 0.00000144. The van der Waals surface area contributed by atoms with Gasteiger partial charge in [0, 0.05) is 19.6 Å². The van der Waals surface area contributed by atoms with Gasteiger partial charge in [-0.25, -0.2) is 8.78 Å². The average Bonchev–Trinajstić information content (AvgIpc) is 2.33. The van der Waals surface area contributed by atoms with E-state index in [1.165, 1.54) is 6.07 Å². The van der Waals surface area contributed by atoms with Gasteiger partial charge in [-0.05, 0) is 12.1 Å². The summed E-state index contributed by atoms with van der Waals surface area (Å²) in [7, 11) is 0. The molecule has 1 unspecified atom stereocenters. The predicted octanol–water partition coefficient (Wildman–Crippen LogP) is 2.35. The molecule has 0 radical (unpaired) electrons. The molecule has 1 heterocycles. The molecule has 1 aromatic rings. The molecule has 1 fully saturated rings. The van der Waals surface area contributed by atoms with Gasteiger partial charge < -0.3 is 10.2 Å². The molecule has 2 nitrogen and oxygen atoms in total. The van der Waals surface area contributed by atoms with Crippen LogP contribution in [0.2, 0.25) is 0 Å². The van der Waals surface area contributed by atoms with E-state index in [1.54, 1.807) is 12.1 Å². The Bertz CT molecular complexity index is 398. The molecular formula is C12H15ClF2N2. The van der Waals surface area contributed by atoms with Gasteiger partial charge >= 0.3 is 0 Å². The van der Waals surface area contributed by atoms with E-state index in [4.69, 9.17) is 0 Å². The maximum atomic E-state index is 13.6. The summed E-state index contributed by atoms with van der Waals surface area (Å²) < 4.78 is 26.7. The van der Waals surface area contributed by atoms with Crippen LogP contribution in [0.3, 0.4) is 0 Å². The lowest BCUT2D eigenvalue weighted by atomic mass is 10.1. The number of nitrogens with one attached hydrogen (secondary N) is 1. The van der Waals surface area contributed by atoms with Crippen LogP contribution in [0.4, 0.5) is 14.5 Å². The first-order valence-corrected chi connectivity index (χ1v) is 5.28. The van der Waals surface area contributed by atoms with Crippen molar-refractivity contribution in [3.05, 3.63) is 42.5 Å². The van der Waals surface area contributed by atoms with Crippen molar-refractivity contribution in [3.63, 3.8) is 0 Å². The Kier molecular flexibility index (Phi) is 4.90. The zero-order valence-corrected chi connectivity index (χ0v) is 10.1. The normalized spacial score (nSPS) is 19.6. The van der Waals surface area contributed by atoms with E-state index in [2.05, 4.69) is 11.9 Å². The number of hydrogen-bond donors (Lipinski definition) is 1. The molecule has 0 spiro atoms. The molecule has 1 aliphatic rings. The monoisotopic (exact) mass is 260 g/mol. The minimum atomic E-state index is -0.807. The molecule has 2 rings (SSSR count). The summed E-state index contributed by atoms with van der Waals surface area (Å²) in [5, 5.41) is 3.19. The Morgan fingerprint density at radius 1 is 1.41 bits per heavy atom. The molecule has 1 saturated heterocycles. The number of hydrogen-bond acceptors (Lipinski definition) is 2. The first-order valence-electron chi connectivity index (χ1n) is 5.28. The second-order valence-electron chi connectivity index (χ2n) is 3.77. The number of benzene rings is 1. The average molecular weight is 261 g/mol. The number of rotatable bonds is 2. The van der Waals surface area contributed by atoms with Gasteiger partial charge in [0.1, 0.15) is 0 Å². The Morgan fingerprint density at radius 2 is 2.18 bits per heavy atom. The third-order valence-corrected chi connectivity index (χ3v) is 2.80. The van der Waals surface area contributed by atoms with Gasteiger partial charge in [-0.1, -0.05) is 12.1 Å². The highest BCUT2D eigenvalue weighted by Crippen LogP contribution is 2.24. The van der Waals surface area contributed by atoms with Gasteiger partial charge in [-0.15, -0.1) is 19.0 Å².